The lowest BCUT2D eigenvalue weighted by molar-refractivity contribution is -0.148. The van der Waals surface area contributed by atoms with Gasteiger partial charge in [0.2, 0.25) is 0 Å². The van der Waals surface area contributed by atoms with Crippen LogP contribution in [0.3, 0.4) is 0 Å². The first-order valence-electron chi connectivity index (χ1n) is 8.05. The molecule has 0 saturated carbocycles. The molecule has 0 aliphatic heterocycles. The largest absolute Gasteiger partial charge is 0.486 e. The van der Waals surface area contributed by atoms with Crippen LogP contribution in [0.2, 0.25) is 5.02 Å². The second kappa shape index (κ2) is 7.57. The SMILES string of the molecule is CC(C)OC(=O)Cn1c(COc2ccc(Cl)cc2)nc2ccccc21. The fraction of sp³-hybridized carbons (Fsp3) is 0.263. The van der Waals surface area contributed by atoms with Crippen molar-refractivity contribution in [2.75, 3.05) is 0 Å². The van der Waals surface area contributed by atoms with E-state index >= 15 is 0 Å². The Balaban J connectivity index is 1.84. The molecule has 2 aromatic carbocycles. The molecule has 3 aromatic rings. The van der Waals surface area contributed by atoms with Crippen LogP contribution >= 0.6 is 11.6 Å². The first kappa shape index (κ1) is 17.3. The molecule has 3 rings (SSSR count). The molecule has 0 bridgehead atoms. The molecule has 1 heterocycles. The van der Waals surface area contributed by atoms with Gasteiger partial charge in [-0.2, -0.15) is 0 Å². The summed E-state index contributed by atoms with van der Waals surface area (Å²) in [5.74, 6) is 1.05. The van der Waals surface area contributed by atoms with Gasteiger partial charge in [0.05, 0.1) is 17.1 Å². The Morgan fingerprint density at radius 3 is 2.60 bits per heavy atom. The van der Waals surface area contributed by atoms with Crippen LogP contribution in [0, 0.1) is 0 Å². The molecule has 0 fully saturated rings. The minimum absolute atomic E-state index is 0.0952. The molecular formula is C19H19ClN2O3. The molecule has 0 radical (unpaired) electrons. The molecule has 0 atom stereocenters. The van der Waals surface area contributed by atoms with E-state index < -0.39 is 0 Å². The van der Waals surface area contributed by atoms with Crippen LogP contribution in [0.1, 0.15) is 19.7 Å². The van der Waals surface area contributed by atoms with E-state index in [-0.39, 0.29) is 25.2 Å². The average molecular weight is 359 g/mol. The molecule has 0 spiro atoms. The van der Waals surface area contributed by atoms with E-state index in [9.17, 15) is 4.79 Å². The Hall–Kier alpha value is -2.53. The number of rotatable bonds is 6. The van der Waals surface area contributed by atoms with E-state index in [1.807, 2.05) is 42.7 Å². The lowest BCUT2D eigenvalue weighted by atomic mass is 10.3. The van der Waals surface area contributed by atoms with Crippen LogP contribution in [0.15, 0.2) is 48.5 Å². The number of ether oxygens (including phenoxy) is 2. The molecule has 0 N–H and O–H groups in total. The summed E-state index contributed by atoms with van der Waals surface area (Å²) in [6.45, 7) is 3.99. The van der Waals surface area contributed by atoms with Crippen LogP contribution in [0.5, 0.6) is 5.75 Å². The third-order valence-corrected chi connectivity index (χ3v) is 3.82. The molecule has 5 nitrogen and oxygen atoms in total. The van der Waals surface area contributed by atoms with Gasteiger partial charge in [0.1, 0.15) is 24.7 Å². The molecule has 0 aliphatic rings. The summed E-state index contributed by atoms with van der Waals surface area (Å²) in [4.78, 5) is 16.7. The number of carbonyl (C=O) groups is 1. The summed E-state index contributed by atoms with van der Waals surface area (Å²) >= 11 is 5.88. The van der Waals surface area contributed by atoms with Crippen LogP contribution in [0.4, 0.5) is 0 Å². The highest BCUT2D eigenvalue weighted by Crippen LogP contribution is 2.20. The Labute approximate surface area is 151 Å². The summed E-state index contributed by atoms with van der Waals surface area (Å²) in [5, 5.41) is 0.649. The van der Waals surface area contributed by atoms with Gasteiger partial charge >= 0.3 is 5.97 Å². The average Bonchev–Trinajstić information content (AvgIpc) is 2.91. The maximum atomic E-state index is 12.1. The summed E-state index contributed by atoms with van der Waals surface area (Å²) in [6.07, 6.45) is -0.156. The second-order valence-corrected chi connectivity index (χ2v) is 6.32. The van der Waals surface area contributed by atoms with Crippen molar-refractivity contribution in [2.45, 2.75) is 33.1 Å². The monoisotopic (exact) mass is 358 g/mol. The van der Waals surface area contributed by atoms with E-state index in [1.54, 1.807) is 24.3 Å². The number of esters is 1. The van der Waals surface area contributed by atoms with Gasteiger partial charge in [-0.25, -0.2) is 4.98 Å². The van der Waals surface area contributed by atoms with E-state index in [2.05, 4.69) is 4.98 Å². The van der Waals surface area contributed by atoms with Crippen LogP contribution in [0.25, 0.3) is 11.0 Å². The normalized spacial score (nSPS) is 11.0. The van der Waals surface area contributed by atoms with Crippen molar-refractivity contribution < 1.29 is 14.3 Å². The Kier molecular flexibility index (Phi) is 5.24. The van der Waals surface area contributed by atoms with Gasteiger partial charge in [-0.3, -0.25) is 4.79 Å². The predicted molar refractivity (Wildman–Crippen MR) is 96.7 cm³/mol. The number of nitrogens with zero attached hydrogens (tertiary/aromatic N) is 2. The zero-order valence-electron chi connectivity index (χ0n) is 14.1. The third-order valence-electron chi connectivity index (χ3n) is 3.57. The van der Waals surface area contributed by atoms with E-state index in [0.29, 0.717) is 16.6 Å². The van der Waals surface area contributed by atoms with Crippen molar-refractivity contribution in [2.24, 2.45) is 0 Å². The molecule has 130 valence electrons. The van der Waals surface area contributed by atoms with Crippen molar-refractivity contribution in [3.05, 3.63) is 59.4 Å². The predicted octanol–water partition coefficient (Wildman–Crippen LogP) is 4.22. The Morgan fingerprint density at radius 2 is 1.88 bits per heavy atom. The summed E-state index contributed by atoms with van der Waals surface area (Å²) in [5.41, 5.74) is 1.69. The Morgan fingerprint density at radius 1 is 1.16 bits per heavy atom. The van der Waals surface area contributed by atoms with Crippen molar-refractivity contribution in [3.63, 3.8) is 0 Å². The lowest BCUT2D eigenvalue weighted by Crippen LogP contribution is -2.19. The lowest BCUT2D eigenvalue weighted by Gasteiger charge is -2.12. The number of carbonyl (C=O) groups excluding carboxylic acids is 1. The van der Waals surface area contributed by atoms with Crippen molar-refractivity contribution in [1.29, 1.82) is 0 Å². The molecule has 0 amide bonds. The molecule has 0 aliphatic carbocycles. The van der Waals surface area contributed by atoms with E-state index in [1.165, 1.54) is 0 Å². The molecule has 25 heavy (non-hydrogen) atoms. The van der Waals surface area contributed by atoms with Gasteiger partial charge in [0.25, 0.3) is 0 Å². The zero-order chi connectivity index (χ0) is 17.8. The second-order valence-electron chi connectivity index (χ2n) is 5.88. The molecule has 6 heteroatoms. The van der Waals surface area contributed by atoms with Crippen LogP contribution in [-0.4, -0.2) is 21.6 Å². The smallest absolute Gasteiger partial charge is 0.326 e. The number of fused-ring (bicyclic) bond motifs is 1. The van der Waals surface area contributed by atoms with E-state index in [0.717, 1.165) is 11.0 Å². The van der Waals surface area contributed by atoms with Crippen molar-refractivity contribution in [1.82, 2.24) is 9.55 Å². The molecule has 1 aromatic heterocycles. The third kappa shape index (κ3) is 4.31. The maximum Gasteiger partial charge on any atom is 0.326 e. The standard InChI is InChI=1S/C19H19ClN2O3/c1-13(2)25-19(23)11-22-17-6-4-3-5-16(17)21-18(22)12-24-15-9-7-14(20)8-10-15/h3-10,13H,11-12H2,1-2H3. The number of hydrogen-bond donors (Lipinski definition) is 0. The number of benzene rings is 2. The minimum Gasteiger partial charge on any atom is -0.486 e. The number of halogens is 1. The van der Waals surface area contributed by atoms with Gasteiger partial charge in [0, 0.05) is 5.02 Å². The number of para-hydroxylation sites is 2. The summed E-state index contributed by atoms with van der Waals surface area (Å²) < 4.78 is 12.9. The first-order chi connectivity index (χ1) is 12.0. The van der Waals surface area contributed by atoms with Crippen molar-refractivity contribution in [3.8, 4) is 5.75 Å². The number of imidazole rings is 1. The Bertz CT molecular complexity index is 872. The van der Waals surface area contributed by atoms with Crippen LogP contribution < -0.4 is 4.74 Å². The minimum atomic E-state index is -0.300. The van der Waals surface area contributed by atoms with Gasteiger partial charge in [-0.15, -0.1) is 0 Å². The van der Waals surface area contributed by atoms with Crippen molar-refractivity contribution >= 4 is 28.6 Å². The topological polar surface area (TPSA) is 53.4 Å². The quantitative estimate of drug-likeness (QED) is 0.619. The van der Waals surface area contributed by atoms with Crippen LogP contribution in [-0.2, 0) is 22.7 Å². The molecule has 0 saturated heterocycles. The highest BCUT2D eigenvalue weighted by atomic mass is 35.5. The fourth-order valence-electron chi connectivity index (χ4n) is 2.52. The van der Waals surface area contributed by atoms with E-state index in [4.69, 9.17) is 21.1 Å². The van der Waals surface area contributed by atoms with Gasteiger partial charge in [0.15, 0.2) is 0 Å². The van der Waals surface area contributed by atoms with Gasteiger partial charge in [-0.1, -0.05) is 23.7 Å². The highest BCUT2D eigenvalue weighted by Gasteiger charge is 2.15. The summed E-state index contributed by atoms with van der Waals surface area (Å²) in [7, 11) is 0. The summed E-state index contributed by atoms with van der Waals surface area (Å²) in [6, 6.07) is 14.8. The first-order valence-corrected chi connectivity index (χ1v) is 8.42. The van der Waals surface area contributed by atoms with Gasteiger partial charge in [-0.05, 0) is 50.2 Å². The maximum absolute atomic E-state index is 12.1. The molecule has 0 unspecified atom stereocenters. The van der Waals surface area contributed by atoms with Gasteiger partial charge < -0.3 is 14.0 Å². The number of aromatic nitrogens is 2. The molecular weight excluding hydrogens is 340 g/mol. The fourth-order valence-corrected chi connectivity index (χ4v) is 2.65. The highest BCUT2D eigenvalue weighted by molar-refractivity contribution is 6.30. The number of hydrogen-bond acceptors (Lipinski definition) is 4. The zero-order valence-corrected chi connectivity index (χ0v) is 14.9.